The fourth-order valence-electron chi connectivity index (χ4n) is 3.59. The van der Waals surface area contributed by atoms with E-state index in [4.69, 9.17) is 9.15 Å². The highest BCUT2D eigenvalue weighted by Gasteiger charge is 2.36. The van der Waals surface area contributed by atoms with E-state index >= 15 is 0 Å². The number of benzene rings is 3. The SMILES string of the molecule is COc1ccc(-c2nc3ccc(NC(=O)CN4C(=O)c5ccccc5C4=O)cc3o2)cc1. The van der Waals surface area contributed by atoms with Crippen molar-refractivity contribution < 1.29 is 23.5 Å². The van der Waals surface area contributed by atoms with Crippen molar-refractivity contribution in [2.75, 3.05) is 19.0 Å². The Kier molecular flexibility index (Phi) is 4.67. The van der Waals surface area contributed by atoms with E-state index in [0.29, 0.717) is 33.8 Å². The number of hydrogen-bond donors (Lipinski definition) is 1. The van der Waals surface area contributed by atoms with Gasteiger partial charge in [0.2, 0.25) is 11.8 Å². The van der Waals surface area contributed by atoms with Gasteiger partial charge in [-0.2, -0.15) is 0 Å². The molecule has 8 nitrogen and oxygen atoms in total. The number of carbonyl (C=O) groups is 3. The van der Waals surface area contributed by atoms with Crippen LogP contribution in [-0.4, -0.2) is 41.3 Å². The van der Waals surface area contributed by atoms with E-state index in [1.54, 1.807) is 49.6 Å². The summed E-state index contributed by atoms with van der Waals surface area (Å²) in [7, 11) is 1.60. The molecule has 0 aliphatic carbocycles. The summed E-state index contributed by atoms with van der Waals surface area (Å²) in [6.45, 7) is -0.377. The Labute approximate surface area is 182 Å². The van der Waals surface area contributed by atoms with Crippen LogP contribution in [0, 0.1) is 0 Å². The van der Waals surface area contributed by atoms with E-state index in [9.17, 15) is 14.4 Å². The van der Waals surface area contributed by atoms with Crippen LogP contribution in [0.5, 0.6) is 5.75 Å². The maximum atomic E-state index is 12.5. The number of rotatable bonds is 5. The van der Waals surface area contributed by atoms with Crippen LogP contribution in [0.4, 0.5) is 5.69 Å². The summed E-state index contributed by atoms with van der Waals surface area (Å²) in [5.74, 6) is -0.273. The van der Waals surface area contributed by atoms with Crippen molar-refractivity contribution in [3.8, 4) is 17.2 Å². The zero-order chi connectivity index (χ0) is 22.2. The van der Waals surface area contributed by atoms with Gasteiger partial charge in [0.05, 0.1) is 18.2 Å². The van der Waals surface area contributed by atoms with Crippen LogP contribution in [0.1, 0.15) is 20.7 Å². The van der Waals surface area contributed by atoms with E-state index in [1.165, 1.54) is 0 Å². The average Bonchev–Trinajstić information content (AvgIpc) is 3.34. The molecule has 0 spiro atoms. The van der Waals surface area contributed by atoms with Gasteiger partial charge in [-0.3, -0.25) is 19.3 Å². The molecule has 0 fully saturated rings. The molecule has 0 radical (unpaired) electrons. The molecule has 158 valence electrons. The minimum Gasteiger partial charge on any atom is -0.497 e. The predicted molar refractivity (Wildman–Crippen MR) is 116 cm³/mol. The van der Waals surface area contributed by atoms with Gasteiger partial charge in [0, 0.05) is 17.3 Å². The van der Waals surface area contributed by atoms with Gasteiger partial charge in [-0.15, -0.1) is 0 Å². The molecule has 0 bridgehead atoms. The highest BCUT2D eigenvalue weighted by molar-refractivity contribution is 6.22. The molecule has 32 heavy (non-hydrogen) atoms. The lowest BCUT2D eigenvalue weighted by Gasteiger charge is -2.13. The number of carbonyl (C=O) groups excluding carboxylic acids is 3. The molecule has 3 aromatic carbocycles. The van der Waals surface area contributed by atoms with E-state index in [1.807, 2.05) is 24.3 Å². The molecule has 1 aliphatic rings. The largest absolute Gasteiger partial charge is 0.497 e. The second kappa shape index (κ2) is 7.66. The number of aromatic nitrogens is 1. The Morgan fingerprint density at radius 3 is 2.34 bits per heavy atom. The summed E-state index contributed by atoms with van der Waals surface area (Å²) in [5.41, 5.74) is 3.00. The molecule has 1 aromatic heterocycles. The third kappa shape index (κ3) is 3.37. The minimum atomic E-state index is -0.492. The topological polar surface area (TPSA) is 102 Å². The number of nitrogens with one attached hydrogen (secondary N) is 1. The van der Waals surface area contributed by atoms with Crippen LogP contribution < -0.4 is 10.1 Å². The summed E-state index contributed by atoms with van der Waals surface area (Å²) in [6.07, 6.45) is 0. The molecule has 1 N–H and O–H groups in total. The molecule has 5 rings (SSSR count). The first-order valence-electron chi connectivity index (χ1n) is 9.83. The van der Waals surface area contributed by atoms with E-state index in [-0.39, 0.29) is 6.54 Å². The summed E-state index contributed by atoms with van der Waals surface area (Å²) in [5, 5.41) is 2.70. The number of anilines is 1. The number of fused-ring (bicyclic) bond motifs is 2. The first-order valence-corrected chi connectivity index (χ1v) is 9.83. The summed E-state index contributed by atoms with van der Waals surface area (Å²) < 4.78 is 11.0. The smallest absolute Gasteiger partial charge is 0.262 e. The van der Waals surface area contributed by atoms with Crippen molar-refractivity contribution in [3.63, 3.8) is 0 Å². The lowest BCUT2D eigenvalue weighted by atomic mass is 10.1. The number of nitrogens with zero attached hydrogens (tertiary/aromatic N) is 2. The lowest BCUT2D eigenvalue weighted by molar-refractivity contribution is -0.116. The van der Waals surface area contributed by atoms with Crippen LogP contribution >= 0.6 is 0 Å². The number of ether oxygens (including phenoxy) is 1. The molecule has 8 heteroatoms. The van der Waals surface area contributed by atoms with Crippen molar-refractivity contribution in [1.29, 1.82) is 0 Å². The van der Waals surface area contributed by atoms with E-state index < -0.39 is 17.7 Å². The number of amides is 3. The minimum absolute atomic E-state index is 0.305. The van der Waals surface area contributed by atoms with Gasteiger partial charge in [0.1, 0.15) is 17.8 Å². The highest BCUT2D eigenvalue weighted by Crippen LogP contribution is 2.28. The Morgan fingerprint density at radius 2 is 1.69 bits per heavy atom. The van der Waals surface area contributed by atoms with Gasteiger partial charge in [-0.05, 0) is 48.5 Å². The second-order valence-electron chi connectivity index (χ2n) is 7.22. The van der Waals surface area contributed by atoms with Crippen molar-refractivity contribution in [2.24, 2.45) is 0 Å². The van der Waals surface area contributed by atoms with Gasteiger partial charge in [-0.25, -0.2) is 4.98 Å². The first-order chi connectivity index (χ1) is 15.5. The zero-order valence-electron chi connectivity index (χ0n) is 17.0. The summed E-state index contributed by atoms with van der Waals surface area (Å²) in [6, 6.07) is 18.9. The highest BCUT2D eigenvalue weighted by atomic mass is 16.5. The van der Waals surface area contributed by atoms with Crippen molar-refractivity contribution >= 4 is 34.5 Å². The summed E-state index contributed by atoms with van der Waals surface area (Å²) in [4.78, 5) is 42.8. The monoisotopic (exact) mass is 427 g/mol. The van der Waals surface area contributed by atoms with Gasteiger partial charge in [0.25, 0.3) is 11.8 Å². The second-order valence-corrected chi connectivity index (χ2v) is 7.22. The molecule has 0 saturated carbocycles. The molecule has 0 unspecified atom stereocenters. The molecule has 0 atom stereocenters. The number of imide groups is 1. The molecular formula is C24H17N3O5. The Morgan fingerprint density at radius 1 is 1.00 bits per heavy atom. The van der Waals surface area contributed by atoms with E-state index in [2.05, 4.69) is 10.3 Å². The normalized spacial score (nSPS) is 12.8. The Hall–Kier alpha value is -4.46. The van der Waals surface area contributed by atoms with Crippen LogP contribution in [-0.2, 0) is 4.79 Å². The fourth-order valence-corrected chi connectivity index (χ4v) is 3.59. The number of hydrogen-bond acceptors (Lipinski definition) is 6. The van der Waals surface area contributed by atoms with Crippen LogP contribution in [0.2, 0.25) is 0 Å². The average molecular weight is 427 g/mol. The van der Waals surface area contributed by atoms with Crippen molar-refractivity contribution in [2.45, 2.75) is 0 Å². The molecule has 2 heterocycles. The van der Waals surface area contributed by atoms with Crippen LogP contribution in [0.25, 0.3) is 22.6 Å². The van der Waals surface area contributed by atoms with Crippen molar-refractivity contribution in [3.05, 3.63) is 77.9 Å². The Bertz CT molecular complexity index is 1340. The van der Waals surface area contributed by atoms with Crippen LogP contribution in [0.15, 0.2) is 71.1 Å². The van der Waals surface area contributed by atoms with Gasteiger partial charge in [-0.1, -0.05) is 12.1 Å². The van der Waals surface area contributed by atoms with Gasteiger partial charge in [0.15, 0.2) is 5.58 Å². The molecular weight excluding hydrogens is 410 g/mol. The molecule has 0 saturated heterocycles. The fraction of sp³-hybridized carbons (Fsp3) is 0.0833. The standard InChI is InChI=1S/C24H17N3O5/c1-31-16-9-6-14(7-10-16)22-26-19-11-8-15(12-20(19)32-22)25-21(28)13-27-23(29)17-4-2-3-5-18(17)24(27)30/h2-12H,13H2,1H3,(H,25,28). The van der Waals surface area contributed by atoms with Crippen LogP contribution in [0.3, 0.4) is 0 Å². The van der Waals surface area contributed by atoms with E-state index in [0.717, 1.165) is 16.2 Å². The van der Waals surface area contributed by atoms with Crippen molar-refractivity contribution in [1.82, 2.24) is 9.88 Å². The lowest BCUT2D eigenvalue weighted by Crippen LogP contribution is -2.37. The number of oxazole rings is 1. The van der Waals surface area contributed by atoms with Gasteiger partial charge >= 0.3 is 0 Å². The van der Waals surface area contributed by atoms with Gasteiger partial charge < -0.3 is 14.5 Å². The summed E-state index contributed by atoms with van der Waals surface area (Å²) >= 11 is 0. The quantitative estimate of drug-likeness (QED) is 0.487. The first kappa shape index (κ1) is 19.5. The maximum Gasteiger partial charge on any atom is 0.262 e. The Balaban J connectivity index is 1.31. The molecule has 4 aromatic rings. The number of methoxy groups -OCH3 is 1. The zero-order valence-corrected chi connectivity index (χ0v) is 17.0. The third-order valence-electron chi connectivity index (χ3n) is 5.19. The predicted octanol–water partition coefficient (Wildman–Crippen LogP) is 3.74. The maximum absolute atomic E-state index is 12.5. The molecule has 3 amide bonds. The molecule has 1 aliphatic heterocycles. The third-order valence-corrected chi connectivity index (χ3v) is 5.19.